The first kappa shape index (κ1) is 7.19. The van der Waals surface area contributed by atoms with Gasteiger partial charge in [0, 0.05) is 11.1 Å². The van der Waals surface area contributed by atoms with Crippen molar-refractivity contribution >= 4 is 11.8 Å². The normalized spacial score (nSPS) is 24.3. The first-order valence-corrected chi connectivity index (χ1v) is 4.87. The highest BCUT2D eigenvalue weighted by Crippen LogP contribution is 2.28. The van der Waals surface area contributed by atoms with E-state index in [1.807, 2.05) is 0 Å². The average molecular weight is 172 g/mol. The lowest BCUT2D eigenvalue weighted by Crippen LogP contribution is -2.31. The molecule has 1 aliphatic carbocycles. The molecule has 13 heavy (non-hydrogen) atoms. The van der Waals surface area contributed by atoms with Crippen LogP contribution in [0.4, 0.5) is 0 Å². The topological polar surface area (TPSA) is 9.23 Å². The molecule has 2 aliphatic rings. The predicted octanol–water partition coefficient (Wildman–Crippen LogP) is 1.02. The van der Waals surface area contributed by atoms with Crippen LogP contribution in [0.15, 0.2) is 24.3 Å². The van der Waals surface area contributed by atoms with Gasteiger partial charge in [-0.25, -0.2) is 0 Å². The van der Waals surface area contributed by atoms with Crippen LogP contribution in [0.3, 0.4) is 0 Å². The van der Waals surface area contributed by atoms with E-state index in [1.165, 1.54) is 22.6 Å². The van der Waals surface area contributed by atoms with Crippen LogP contribution < -0.4 is 10.4 Å². The summed E-state index contributed by atoms with van der Waals surface area (Å²) in [5, 5.41) is 2.66. The standard InChI is InChI=1S/C12H12O/c1-2-4-11-9(3-1)5-6-10-7-8-13-12(10)11/h1-5,10H,6-8H2. The van der Waals surface area contributed by atoms with Crippen LogP contribution >= 0.6 is 0 Å². The van der Waals surface area contributed by atoms with Crippen LogP contribution in [0.5, 0.6) is 0 Å². The third-order valence-corrected chi connectivity index (χ3v) is 2.94. The molecule has 1 aromatic carbocycles. The second-order valence-corrected chi connectivity index (χ2v) is 3.73. The van der Waals surface area contributed by atoms with E-state index in [2.05, 4.69) is 30.3 Å². The van der Waals surface area contributed by atoms with E-state index in [-0.39, 0.29) is 0 Å². The zero-order valence-corrected chi connectivity index (χ0v) is 7.49. The first-order chi connectivity index (χ1) is 6.45. The van der Waals surface area contributed by atoms with Gasteiger partial charge in [0.15, 0.2) is 0 Å². The zero-order valence-electron chi connectivity index (χ0n) is 7.49. The quantitative estimate of drug-likeness (QED) is 0.567. The molecule has 1 nitrogen and oxygen atoms in total. The highest BCUT2D eigenvalue weighted by Gasteiger charge is 2.24. The summed E-state index contributed by atoms with van der Waals surface area (Å²) in [6, 6.07) is 8.51. The van der Waals surface area contributed by atoms with Crippen LogP contribution in [-0.2, 0) is 4.74 Å². The number of rotatable bonds is 0. The monoisotopic (exact) mass is 172 g/mol. The predicted molar refractivity (Wildman–Crippen MR) is 52.2 cm³/mol. The Morgan fingerprint density at radius 2 is 2.15 bits per heavy atom. The van der Waals surface area contributed by atoms with E-state index >= 15 is 0 Å². The maximum atomic E-state index is 5.68. The van der Waals surface area contributed by atoms with E-state index in [4.69, 9.17) is 4.74 Å². The molecule has 1 atom stereocenters. The Kier molecular flexibility index (Phi) is 1.45. The third kappa shape index (κ3) is 0.998. The highest BCUT2D eigenvalue weighted by atomic mass is 16.5. The lowest BCUT2D eigenvalue weighted by molar-refractivity contribution is 0.314. The Balaban J connectivity index is 2.38. The lowest BCUT2D eigenvalue weighted by atomic mass is 9.95. The van der Waals surface area contributed by atoms with Gasteiger partial charge < -0.3 is 4.74 Å². The summed E-state index contributed by atoms with van der Waals surface area (Å²) in [7, 11) is 0. The van der Waals surface area contributed by atoms with Gasteiger partial charge in [-0.1, -0.05) is 30.3 Å². The Labute approximate surface area is 77.3 Å². The van der Waals surface area contributed by atoms with Gasteiger partial charge in [-0.2, -0.15) is 0 Å². The Bertz CT molecular complexity index is 444. The van der Waals surface area contributed by atoms with Gasteiger partial charge in [0.05, 0.1) is 6.61 Å². The Morgan fingerprint density at radius 1 is 1.23 bits per heavy atom. The first-order valence-electron chi connectivity index (χ1n) is 4.87. The molecule has 0 N–H and O–H groups in total. The van der Waals surface area contributed by atoms with Gasteiger partial charge in [-0.15, -0.1) is 0 Å². The van der Waals surface area contributed by atoms with Gasteiger partial charge in [0.1, 0.15) is 5.76 Å². The minimum atomic E-state index is 0.662. The molecule has 1 fully saturated rings. The number of ether oxygens (including phenoxy) is 1. The van der Waals surface area contributed by atoms with Gasteiger partial charge in [0.2, 0.25) is 0 Å². The summed E-state index contributed by atoms with van der Waals surface area (Å²) in [4.78, 5) is 0. The molecule has 1 aliphatic heterocycles. The molecule has 66 valence electrons. The van der Waals surface area contributed by atoms with Crippen molar-refractivity contribution < 1.29 is 4.74 Å². The van der Waals surface area contributed by atoms with E-state index in [1.54, 1.807) is 0 Å². The van der Waals surface area contributed by atoms with Crippen molar-refractivity contribution in [3.05, 3.63) is 34.7 Å². The molecular weight excluding hydrogens is 160 g/mol. The molecule has 0 saturated carbocycles. The molecular formula is C12H12O. The second-order valence-electron chi connectivity index (χ2n) is 3.73. The molecule has 1 heterocycles. The minimum absolute atomic E-state index is 0.662. The lowest BCUT2D eigenvalue weighted by Gasteiger charge is -2.11. The van der Waals surface area contributed by atoms with Crippen molar-refractivity contribution in [3.8, 4) is 0 Å². The van der Waals surface area contributed by atoms with E-state index in [0.29, 0.717) is 5.92 Å². The van der Waals surface area contributed by atoms with Crippen molar-refractivity contribution in [2.45, 2.75) is 12.8 Å². The second kappa shape index (κ2) is 2.63. The van der Waals surface area contributed by atoms with Crippen LogP contribution in [-0.4, -0.2) is 6.61 Å². The summed E-state index contributed by atoms with van der Waals surface area (Å²) < 4.78 is 5.68. The number of hydrogen-bond donors (Lipinski definition) is 0. The van der Waals surface area contributed by atoms with Crippen molar-refractivity contribution in [3.63, 3.8) is 0 Å². The fourth-order valence-corrected chi connectivity index (χ4v) is 2.25. The van der Waals surface area contributed by atoms with Crippen molar-refractivity contribution in [2.75, 3.05) is 6.61 Å². The minimum Gasteiger partial charge on any atom is -0.497 e. The largest absolute Gasteiger partial charge is 0.497 e. The summed E-state index contributed by atoms with van der Waals surface area (Å²) in [5.74, 6) is 1.90. The summed E-state index contributed by atoms with van der Waals surface area (Å²) in [6.07, 6.45) is 4.69. The smallest absolute Gasteiger partial charge is 0.107 e. The van der Waals surface area contributed by atoms with Crippen LogP contribution in [0.25, 0.3) is 11.8 Å². The Hall–Kier alpha value is -1.24. The van der Waals surface area contributed by atoms with Crippen LogP contribution in [0, 0.1) is 5.92 Å². The fraction of sp³-hybridized carbons (Fsp3) is 0.333. The van der Waals surface area contributed by atoms with Gasteiger partial charge in [-0.05, 0) is 18.1 Å². The van der Waals surface area contributed by atoms with Gasteiger partial charge in [-0.3, -0.25) is 0 Å². The maximum Gasteiger partial charge on any atom is 0.107 e. The molecule has 1 aromatic rings. The third-order valence-electron chi connectivity index (χ3n) is 2.94. The molecule has 0 aromatic heterocycles. The number of hydrogen-bond acceptors (Lipinski definition) is 1. The SMILES string of the molecule is C1=c2ccccc2=C2OCCC2C1. The molecule has 0 amide bonds. The van der Waals surface area contributed by atoms with E-state index in [0.717, 1.165) is 13.0 Å². The van der Waals surface area contributed by atoms with Crippen molar-refractivity contribution in [1.29, 1.82) is 0 Å². The highest BCUT2D eigenvalue weighted by molar-refractivity contribution is 5.49. The number of benzene rings is 1. The number of fused-ring (bicyclic) bond motifs is 2. The van der Waals surface area contributed by atoms with E-state index in [9.17, 15) is 0 Å². The Morgan fingerprint density at radius 3 is 3.15 bits per heavy atom. The molecule has 1 unspecified atom stereocenters. The summed E-state index contributed by atoms with van der Waals surface area (Å²) in [5.41, 5.74) is 0. The summed E-state index contributed by atoms with van der Waals surface area (Å²) in [6.45, 7) is 0.905. The maximum absolute atomic E-state index is 5.68. The van der Waals surface area contributed by atoms with Crippen molar-refractivity contribution in [2.24, 2.45) is 5.92 Å². The molecule has 3 rings (SSSR count). The van der Waals surface area contributed by atoms with E-state index < -0.39 is 0 Å². The molecule has 0 radical (unpaired) electrons. The molecule has 1 heteroatoms. The summed E-state index contributed by atoms with van der Waals surface area (Å²) >= 11 is 0. The van der Waals surface area contributed by atoms with Gasteiger partial charge in [0.25, 0.3) is 0 Å². The van der Waals surface area contributed by atoms with Crippen LogP contribution in [0.2, 0.25) is 0 Å². The van der Waals surface area contributed by atoms with Gasteiger partial charge >= 0.3 is 0 Å². The molecule has 1 saturated heterocycles. The van der Waals surface area contributed by atoms with Crippen molar-refractivity contribution in [1.82, 2.24) is 0 Å². The molecule has 0 bridgehead atoms. The average Bonchev–Trinajstić information content (AvgIpc) is 2.65. The zero-order chi connectivity index (χ0) is 8.67. The van der Waals surface area contributed by atoms with Crippen LogP contribution in [0.1, 0.15) is 12.8 Å². The molecule has 0 spiro atoms. The fourth-order valence-electron chi connectivity index (χ4n) is 2.25.